The van der Waals surface area contributed by atoms with Crippen molar-refractivity contribution in [2.45, 2.75) is 57.4 Å². The maximum Gasteiger partial charge on any atom is 0.243 e. The molecule has 0 radical (unpaired) electrons. The van der Waals surface area contributed by atoms with Gasteiger partial charge >= 0.3 is 0 Å². The minimum absolute atomic E-state index is 0.0762. The van der Waals surface area contributed by atoms with Gasteiger partial charge in [0.05, 0.1) is 0 Å². The van der Waals surface area contributed by atoms with Crippen molar-refractivity contribution in [2.75, 3.05) is 33.7 Å². The van der Waals surface area contributed by atoms with Crippen molar-refractivity contribution in [3.63, 3.8) is 0 Å². The number of fused-ring (bicyclic) bond motifs is 1. The molecule has 2 aliphatic carbocycles. The minimum atomic E-state index is 0.0762. The first-order valence-corrected chi connectivity index (χ1v) is 9.39. The Morgan fingerprint density at radius 2 is 1.61 bits per heavy atom. The summed E-state index contributed by atoms with van der Waals surface area (Å²) in [6.45, 7) is 2.51. The summed E-state index contributed by atoms with van der Waals surface area (Å²) < 4.78 is 0. The summed E-state index contributed by atoms with van der Waals surface area (Å²) in [4.78, 5) is 20.7. The summed E-state index contributed by atoms with van der Waals surface area (Å²) in [6, 6.07) is 0.547. The van der Waals surface area contributed by atoms with E-state index in [-0.39, 0.29) is 12.5 Å². The highest BCUT2D eigenvalue weighted by molar-refractivity contribution is 5.85. The highest BCUT2D eigenvalue weighted by Gasteiger charge is 2.36. The largest absolute Gasteiger partial charge is 0.353 e. The zero-order valence-corrected chi connectivity index (χ0v) is 14.8. The summed E-state index contributed by atoms with van der Waals surface area (Å²) in [5, 5.41) is 3.67. The van der Waals surface area contributed by atoms with Crippen molar-refractivity contribution in [3.05, 3.63) is 0 Å². The number of aliphatic imine (C=N–C) groups is 1. The van der Waals surface area contributed by atoms with Crippen molar-refractivity contribution >= 4 is 11.9 Å². The monoisotopic (exact) mass is 320 g/mol. The first kappa shape index (κ1) is 16.6. The van der Waals surface area contributed by atoms with E-state index in [0.29, 0.717) is 6.04 Å². The Labute approximate surface area is 140 Å². The van der Waals surface area contributed by atoms with E-state index in [1.54, 1.807) is 19.0 Å². The molecule has 3 fully saturated rings. The summed E-state index contributed by atoms with van der Waals surface area (Å²) in [5.74, 6) is 2.74. The Kier molecular flexibility index (Phi) is 5.44. The Bertz CT molecular complexity index is 428. The van der Waals surface area contributed by atoms with E-state index in [1.807, 2.05) is 0 Å². The summed E-state index contributed by atoms with van der Waals surface area (Å²) in [6.07, 6.45) is 10.6. The maximum absolute atomic E-state index is 11.9. The van der Waals surface area contributed by atoms with Gasteiger partial charge in [0.15, 0.2) is 5.96 Å². The molecule has 2 unspecified atom stereocenters. The Balaban J connectivity index is 1.66. The van der Waals surface area contributed by atoms with Gasteiger partial charge in [0.25, 0.3) is 0 Å². The van der Waals surface area contributed by atoms with E-state index >= 15 is 0 Å². The van der Waals surface area contributed by atoms with Gasteiger partial charge in [-0.2, -0.15) is 0 Å². The van der Waals surface area contributed by atoms with Gasteiger partial charge in [-0.1, -0.05) is 25.7 Å². The van der Waals surface area contributed by atoms with Crippen LogP contribution in [0.15, 0.2) is 4.99 Å². The molecule has 1 aliphatic heterocycles. The standard InChI is InChI=1S/C18H32N4O/c1-21(2)17(23)11-19-18(20-16-9-5-6-10-16)22-12-14-7-3-4-8-15(14)13-22/h14-16H,3-13H2,1-2H3,(H,19,20). The summed E-state index contributed by atoms with van der Waals surface area (Å²) >= 11 is 0. The van der Waals surface area contributed by atoms with Crippen LogP contribution in [0.1, 0.15) is 51.4 Å². The van der Waals surface area contributed by atoms with Gasteiger partial charge < -0.3 is 15.1 Å². The quantitative estimate of drug-likeness (QED) is 0.640. The van der Waals surface area contributed by atoms with E-state index in [0.717, 1.165) is 30.9 Å². The Hall–Kier alpha value is -1.26. The van der Waals surface area contributed by atoms with Crippen LogP contribution in [0.4, 0.5) is 0 Å². The van der Waals surface area contributed by atoms with Crippen molar-refractivity contribution in [1.82, 2.24) is 15.1 Å². The molecule has 1 amide bonds. The molecule has 5 nitrogen and oxygen atoms in total. The van der Waals surface area contributed by atoms with E-state index in [4.69, 9.17) is 0 Å². The zero-order valence-electron chi connectivity index (χ0n) is 14.8. The van der Waals surface area contributed by atoms with Crippen molar-refractivity contribution in [3.8, 4) is 0 Å². The Morgan fingerprint density at radius 3 is 2.17 bits per heavy atom. The molecule has 1 heterocycles. The predicted octanol–water partition coefficient (Wildman–Crippen LogP) is 2.08. The number of likely N-dealkylation sites (N-methyl/N-ethyl adjacent to an activating group) is 1. The molecule has 3 aliphatic rings. The van der Waals surface area contributed by atoms with Crippen LogP contribution >= 0.6 is 0 Å². The fourth-order valence-corrected chi connectivity index (χ4v) is 4.35. The van der Waals surface area contributed by atoms with E-state index in [2.05, 4.69) is 15.2 Å². The second-order valence-corrected chi connectivity index (χ2v) is 7.76. The number of rotatable bonds is 3. The van der Waals surface area contributed by atoms with Gasteiger partial charge in [0.1, 0.15) is 6.54 Å². The van der Waals surface area contributed by atoms with Crippen LogP contribution in [0.3, 0.4) is 0 Å². The minimum Gasteiger partial charge on any atom is -0.353 e. The molecule has 5 heteroatoms. The van der Waals surface area contributed by atoms with Crippen LogP contribution in [0.25, 0.3) is 0 Å². The molecule has 130 valence electrons. The van der Waals surface area contributed by atoms with E-state index in [1.165, 1.54) is 51.4 Å². The van der Waals surface area contributed by atoms with Crippen molar-refractivity contribution < 1.29 is 4.79 Å². The van der Waals surface area contributed by atoms with Gasteiger partial charge in [-0.25, -0.2) is 4.99 Å². The highest BCUT2D eigenvalue weighted by Crippen LogP contribution is 2.36. The number of hydrogen-bond donors (Lipinski definition) is 1. The summed E-state index contributed by atoms with van der Waals surface area (Å²) in [7, 11) is 3.60. The topological polar surface area (TPSA) is 47.9 Å². The third-order valence-electron chi connectivity index (χ3n) is 5.83. The first-order chi connectivity index (χ1) is 11.1. The lowest BCUT2D eigenvalue weighted by Gasteiger charge is -2.25. The molecular weight excluding hydrogens is 288 g/mol. The number of likely N-dealkylation sites (tertiary alicyclic amines) is 1. The average Bonchev–Trinajstić information content (AvgIpc) is 3.19. The third-order valence-corrected chi connectivity index (χ3v) is 5.83. The van der Waals surface area contributed by atoms with Crippen LogP contribution in [-0.4, -0.2) is 61.4 Å². The van der Waals surface area contributed by atoms with Crippen molar-refractivity contribution in [1.29, 1.82) is 0 Å². The molecule has 0 aromatic rings. The van der Waals surface area contributed by atoms with Crippen LogP contribution in [0.5, 0.6) is 0 Å². The van der Waals surface area contributed by atoms with Crippen LogP contribution in [0.2, 0.25) is 0 Å². The van der Waals surface area contributed by atoms with Crippen LogP contribution in [-0.2, 0) is 4.79 Å². The molecule has 1 N–H and O–H groups in total. The van der Waals surface area contributed by atoms with Crippen molar-refractivity contribution in [2.24, 2.45) is 16.8 Å². The maximum atomic E-state index is 11.9. The number of carbonyl (C=O) groups excluding carboxylic acids is 1. The van der Waals surface area contributed by atoms with Gasteiger partial charge in [-0.15, -0.1) is 0 Å². The lowest BCUT2D eigenvalue weighted by Crippen LogP contribution is -2.45. The molecule has 2 atom stereocenters. The Morgan fingerprint density at radius 1 is 1.04 bits per heavy atom. The first-order valence-electron chi connectivity index (χ1n) is 9.39. The number of nitrogens with zero attached hydrogens (tertiary/aromatic N) is 3. The zero-order chi connectivity index (χ0) is 16.2. The number of carbonyl (C=O) groups is 1. The fraction of sp³-hybridized carbons (Fsp3) is 0.889. The number of nitrogens with one attached hydrogen (secondary N) is 1. The smallest absolute Gasteiger partial charge is 0.243 e. The van der Waals surface area contributed by atoms with Crippen LogP contribution < -0.4 is 5.32 Å². The fourth-order valence-electron chi connectivity index (χ4n) is 4.35. The normalized spacial score (nSPS) is 28.8. The average molecular weight is 320 g/mol. The predicted molar refractivity (Wildman–Crippen MR) is 93.4 cm³/mol. The SMILES string of the molecule is CN(C)C(=O)CN=C(NC1CCCC1)N1CC2CCCCC2C1. The lowest BCUT2D eigenvalue weighted by atomic mass is 9.82. The van der Waals surface area contributed by atoms with Gasteiger partial charge in [0.2, 0.25) is 5.91 Å². The molecule has 23 heavy (non-hydrogen) atoms. The van der Waals surface area contributed by atoms with E-state index < -0.39 is 0 Å². The molecule has 1 saturated heterocycles. The molecule has 0 aromatic carbocycles. The van der Waals surface area contributed by atoms with Gasteiger partial charge in [0, 0.05) is 33.2 Å². The molecule has 0 bridgehead atoms. The molecular formula is C18H32N4O. The number of hydrogen-bond acceptors (Lipinski definition) is 2. The van der Waals surface area contributed by atoms with Gasteiger partial charge in [-0.05, 0) is 37.5 Å². The highest BCUT2D eigenvalue weighted by atomic mass is 16.2. The molecule has 0 aromatic heterocycles. The summed E-state index contributed by atoms with van der Waals surface area (Å²) in [5.41, 5.74) is 0. The number of amides is 1. The molecule has 3 rings (SSSR count). The second kappa shape index (κ2) is 7.54. The number of guanidine groups is 1. The third kappa shape index (κ3) is 4.18. The van der Waals surface area contributed by atoms with Gasteiger partial charge in [-0.3, -0.25) is 4.79 Å². The lowest BCUT2D eigenvalue weighted by molar-refractivity contribution is -0.127. The second-order valence-electron chi connectivity index (χ2n) is 7.76. The molecule has 2 saturated carbocycles. The van der Waals surface area contributed by atoms with E-state index in [9.17, 15) is 4.79 Å². The van der Waals surface area contributed by atoms with Crippen LogP contribution in [0, 0.1) is 11.8 Å². The molecule has 0 spiro atoms.